The van der Waals surface area contributed by atoms with Crippen molar-refractivity contribution in [3.05, 3.63) is 65.0 Å². The minimum Gasteiger partial charge on any atom is -0.325 e. The van der Waals surface area contributed by atoms with Crippen molar-refractivity contribution in [2.45, 2.75) is 38.1 Å². The van der Waals surface area contributed by atoms with Gasteiger partial charge < -0.3 is 10.6 Å². The topological polar surface area (TPSA) is 78.5 Å². The summed E-state index contributed by atoms with van der Waals surface area (Å²) in [4.78, 5) is 39.0. The lowest BCUT2D eigenvalue weighted by Crippen LogP contribution is -2.44. The standard InChI is InChI=1S/C22H22FN3O3/c1-2-22(16-7-9-17(23)10-8-16)20(28)26(21(29)25-22)13-19(27)24-18-11-6-14-4-3-5-15(14)12-18/h6-12H,2-5,13H2,1H3,(H,24,27)(H,25,29)/t22-/m0/s1. The fourth-order valence-electron chi connectivity index (χ4n) is 4.14. The molecule has 0 saturated carbocycles. The smallest absolute Gasteiger partial charge is 0.325 e. The monoisotopic (exact) mass is 395 g/mol. The summed E-state index contributed by atoms with van der Waals surface area (Å²) < 4.78 is 13.3. The molecule has 4 rings (SSSR count). The third-order valence-electron chi connectivity index (χ3n) is 5.73. The number of carbonyl (C=O) groups excluding carboxylic acids is 3. The molecule has 0 radical (unpaired) electrons. The predicted molar refractivity (Wildman–Crippen MR) is 106 cm³/mol. The number of halogens is 1. The molecule has 7 heteroatoms. The van der Waals surface area contributed by atoms with Gasteiger partial charge in [0.1, 0.15) is 17.9 Å². The quantitative estimate of drug-likeness (QED) is 0.764. The van der Waals surface area contributed by atoms with Crippen LogP contribution in [0.1, 0.15) is 36.5 Å². The number of nitrogens with zero attached hydrogens (tertiary/aromatic N) is 1. The number of carbonyl (C=O) groups is 3. The molecule has 2 N–H and O–H groups in total. The van der Waals surface area contributed by atoms with Crippen LogP contribution in [0.4, 0.5) is 14.9 Å². The number of urea groups is 1. The molecule has 150 valence electrons. The van der Waals surface area contributed by atoms with Gasteiger partial charge >= 0.3 is 6.03 Å². The minimum absolute atomic E-state index is 0.284. The van der Waals surface area contributed by atoms with Crippen molar-refractivity contribution >= 4 is 23.5 Å². The first-order chi connectivity index (χ1) is 13.9. The van der Waals surface area contributed by atoms with E-state index in [9.17, 15) is 18.8 Å². The van der Waals surface area contributed by atoms with Gasteiger partial charge in [0.05, 0.1) is 0 Å². The van der Waals surface area contributed by atoms with Crippen molar-refractivity contribution in [3.63, 3.8) is 0 Å². The van der Waals surface area contributed by atoms with Gasteiger partial charge in [-0.05, 0) is 66.6 Å². The third kappa shape index (κ3) is 3.37. The van der Waals surface area contributed by atoms with Crippen LogP contribution in [0.3, 0.4) is 0 Å². The second-order valence-corrected chi connectivity index (χ2v) is 7.47. The van der Waals surface area contributed by atoms with Crippen molar-refractivity contribution < 1.29 is 18.8 Å². The van der Waals surface area contributed by atoms with Gasteiger partial charge in [0, 0.05) is 5.69 Å². The largest absolute Gasteiger partial charge is 0.325 e. The Morgan fingerprint density at radius 2 is 1.86 bits per heavy atom. The van der Waals surface area contributed by atoms with Gasteiger partial charge in [-0.25, -0.2) is 9.18 Å². The van der Waals surface area contributed by atoms with Gasteiger partial charge in [0.15, 0.2) is 0 Å². The van der Waals surface area contributed by atoms with Crippen LogP contribution in [-0.2, 0) is 28.0 Å². The van der Waals surface area contributed by atoms with Gasteiger partial charge in [-0.15, -0.1) is 0 Å². The van der Waals surface area contributed by atoms with Crippen LogP contribution >= 0.6 is 0 Å². The number of imide groups is 1. The van der Waals surface area contributed by atoms with Crippen molar-refractivity contribution in [3.8, 4) is 0 Å². The highest BCUT2D eigenvalue weighted by Crippen LogP contribution is 2.32. The molecule has 6 nitrogen and oxygen atoms in total. The molecule has 29 heavy (non-hydrogen) atoms. The van der Waals surface area contributed by atoms with E-state index in [-0.39, 0.29) is 13.0 Å². The van der Waals surface area contributed by atoms with Crippen molar-refractivity contribution in [1.29, 1.82) is 0 Å². The average Bonchev–Trinajstić information content (AvgIpc) is 3.26. The first-order valence-corrected chi connectivity index (χ1v) is 9.75. The van der Waals surface area contributed by atoms with E-state index in [1.165, 1.54) is 35.4 Å². The van der Waals surface area contributed by atoms with Crippen LogP contribution in [-0.4, -0.2) is 29.3 Å². The molecule has 0 aromatic heterocycles. The van der Waals surface area contributed by atoms with Gasteiger partial charge in [-0.2, -0.15) is 0 Å². The van der Waals surface area contributed by atoms with Gasteiger partial charge in [0.25, 0.3) is 5.91 Å². The molecular formula is C22H22FN3O3. The fraction of sp³-hybridized carbons (Fsp3) is 0.318. The zero-order valence-corrected chi connectivity index (χ0v) is 16.1. The van der Waals surface area contributed by atoms with E-state index < -0.39 is 29.2 Å². The number of amides is 4. The molecule has 1 fully saturated rings. The van der Waals surface area contributed by atoms with Crippen LogP contribution in [0.2, 0.25) is 0 Å². The molecule has 0 unspecified atom stereocenters. The predicted octanol–water partition coefficient (Wildman–Crippen LogP) is 3.11. The number of nitrogens with one attached hydrogen (secondary N) is 2. The molecule has 0 bridgehead atoms. The number of benzene rings is 2. The molecule has 1 atom stereocenters. The van der Waals surface area contributed by atoms with Gasteiger partial charge in [0.2, 0.25) is 5.91 Å². The van der Waals surface area contributed by atoms with E-state index in [4.69, 9.17) is 0 Å². The highest BCUT2D eigenvalue weighted by atomic mass is 19.1. The SMILES string of the molecule is CC[C@@]1(c2ccc(F)cc2)NC(=O)N(CC(=O)Nc2ccc3c(c2)CCC3)C1=O. The molecular weight excluding hydrogens is 373 g/mol. The maximum Gasteiger partial charge on any atom is 0.325 e. The van der Waals surface area contributed by atoms with Gasteiger partial charge in [-0.3, -0.25) is 14.5 Å². The maximum atomic E-state index is 13.3. The van der Waals surface area contributed by atoms with E-state index in [0.29, 0.717) is 11.3 Å². The third-order valence-corrected chi connectivity index (χ3v) is 5.73. The number of aryl methyl sites for hydroxylation is 2. The van der Waals surface area contributed by atoms with Crippen LogP contribution in [0.5, 0.6) is 0 Å². The van der Waals surface area contributed by atoms with Crippen LogP contribution in [0.15, 0.2) is 42.5 Å². The summed E-state index contributed by atoms with van der Waals surface area (Å²) in [5.41, 5.74) is 2.37. The number of rotatable bonds is 5. The lowest BCUT2D eigenvalue weighted by Gasteiger charge is -2.25. The summed E-state index contributed by atoms with van der Waals surface area (Å²) >= 11 is 0. The zero-order valence-electron chi connectivity index (χ0n) is 16.1. The summed E-state index contributed by atoms with van der Waals surface area (Å²) in [6.45, 7) is 1.38. The van der Waals surface area contributed by atoms with Crippen molar-refractivity contribution in [2.24, 2.45) is 0 Å². The molecule has 4 amide bonds. The zero-order chi connectivity index (χ0) is 20.6. The van der Waals surface area contributed by atoms with Crippen LogP contribution < -0.4 is 10.6 Å². The summed E-state index contributed by atoms with van der Waals surface area (Å²) in [5, 5.41) is 5.46. The summed E-state index contributed by atoms with van der Waals surface area (Å²) in [6.07, 6.45) is 3.43. The molecule has 2 aliphatic rings. The Balaban J connectivity index is 1.50. The lowest BCUT2D eigenvalue weighted by atomic mass is 9.87. The Kier molecular flexibility index (Phi) is 4.82. The van der Waals surface area contributed by atoms with E-state index in [1.807, 2.05) is 18.2 Å². The van der Waals surface area contributed by atoms with Crippen molar-refractivity contribution in [2.75, 3.05) is 11.9 Å². The van der Waals surface area contributed by atoms with E-state index in [0.717, 1.165) is 24.2 Å². The van der Waals surface area contributed by atoms with Crippen LogP contribution in [0.25, 0.3) is 0 Å². The summed E-state index contributed by atoms with van der Waals surface area (Å²) in [7, 11) is 0. The average molecular weight is 395 g/mol. The lowest BCUT2D eigenvalue weighted by molar-refractivity contribution is -0.134. The second-order valence-electron chi connectivity index (χ2n) is 7.47. The number of fused-ring (bicyclic) bond motifs is 1. The molecule has 1 heterocycles. The second kappa shape index (κ2) is 7.31. The summed E-state index contributed by atoms with van der Waals surface area (Å²) in [6, 6.07) is 10.6. The molecule has 0 spiro atoms. The highest BCUT2D eigenvalue weighted by molar-refractivity contribution is 6.10. The maximum absolute atomic E-state index is 13.3. The van der Waals surface area contributed by atoms with E-state index >= 15 is 0 Å². The summed E-state index contributed by atoms with van der Waals surface area (Å²) in [5.74, 6) is -1.39. The molecule has 2 aromatic carbocycles. The number of hydrogen-bond donors (Lipinski definition) is 2. The Morgan fingerprint density at radius 1 is 1.14 bits per heavy atom. The Morgan fingerprint density at radius 3 is 2.59 bits per heavy atom. The minimum atomic E-state index is -1.29. The first kappa shape index (κ1) is 19.1. The van der Waals surface area contributed by atoms with E-state index in [2.05, 4.69) is 10.6 Å². The number of hydrogen-bond acceptors (Lipinski definition) is 3. The Labute approximate surface area is 168 Å². The number of anilines is 1. The molecule has 1 saturated heterocycles. The molecule has 1 aliphatic heterocycles. The first-order valence-electron chi connectivity index (χ1n) is 9.75. The van der Waals surface area contributed by atoms with E-state index in [1.54, 1.807) is 6.92 Å². The fourth-order valence-corrected chi connectivity index (χ4v) is 4.14. The Hall–Kier alpha value is -3.22. The van der Waals surface area contributed by atoms with Gasteiger partial charge in [-0.1, -0.05) is 25.1 Å². The van der Waals surface area contributed by atoms with Crippen molar-refractivity contribution in [1.82, 2.24) is 10.2 Å². The Bertz CT molecular complexity index is 989. The molecule has 1 aliphatic carbocycles. The normalized spacial score (nSPS) is 20.6. The molecule has 2 aromatic rings. The van der Waals surface area contributed by atoms with Crippen LogP contribution in [0, 0.1) is 5.82 Å². The highest BCUT2D eigenvalue weighted by Gasteiger charge is 2.51.